The number of anilines is 2. The minimum absolute atomic E-state index is 0.0382. The van der Waals surface area contributed by atoms with E-state index >= 15 is 0 Å². The van der Waals surface area contributed by atoms with Crippen molar-refractivity contribution in [2.75, 3.05) is 37.7 Å². The van der Waals surface area contributed by atoms with Gasteiger partial charge in [0.15, 0.2) is 11.5 Å². The SMILES string of the molecule is CCN1CCCC(F)(F)C1.CNc1nc(N)nn2ccc(-c3ccc4nc(C)n(CC(F)F)c4n3)c12. The minimum atomic E-state index is -2.49. The molecule has 1 fully saturated rings. The molecule has 0 aliphatic carbocycles. The van der Waals surface area contributed by atoms with Crippen LogP contribution in [0.25, 0.3) is 27.9 Å². The number of nitrogen functional groups attached to an aromatic ring is 1. The van der Waals surface area contributed by atoms with Crippen molar-refractivity contribution in [3.8, 4) is 11.3 Å². The normalized spacial score (nSPS) is 15.9. The molecule has 4 aromatic heterocycles. The van der Waals surface area contributed by atoms with Gasteiger partial charge in [-0.05, 0) is 44.6 Å². The number of nitrogens with two attached hydrogens (primary N) is 1. The second-order valence-electron chi connectivity index (χ2n) is 8.62. The zero-order valence-corrected chi connectivity index (χ0v) is 20.3. The molecule has 0 saturated carbocycles. The van der Waals surface area contributed by atoms with E-state index in [4.69, 9.17) is 5.73 Å². The number of pyridine rings is 1. The molecule has 0 atom stereocenters. The van der Waals surface area contributed by atoms with Crippen LogP contribution in [0.3, 0.4) is 0 Å². The summed E-state index contributed by atoms with van der Waals surface area (Å²) in [6.07, 6.45) is -0.0271. The molecular weight excluding hydrogens is 478 g/mol. The topological polar surface area (TPSA) is 102 Å². The molecule has 5 rings (SSSR count). The summed E-state index contributed by atoms with van der Waals surface area (Å²) in [7, 11) is 1.73. The van der Waals surface area contributed by atoms with E-state index in [0.717, 1.165) is 18.7 Å². The Labute approximate surface area is 205 Å². The molecule has 3 N–H and O–H groups in total. The molecule has 1 saturated heterocycles. The molecule has 0 amide bonds. The molecule has 4 aromatic rings. The molecule has 9 nitrogen and oxygen atoms in total. The van der Waals surface area contributed by atoms with Gasteiger partial charge in [-0.25, -0.2) is 32.0 Å². The summed E-state index contributed by atoms with van der Waals surface area (Å²) in [6.45, 7) is 4.70. The molecule has 5 heterocycles. The van der Waals surface area contributed by atoms with Crippen LogP contribution in [0.2, 0.25) is 0 Å². The van der Waals surface area contributed by atoms with Crippen molar-refractivity contribution in [1.82, 2.24) is 34.0 Å². The van der Waals surface area contributed by atoms with Crippen LogP contribution < -0.4 is 11.1 Å². The summed E-state index contributed by atoms with van der Waals surface area (Å²) >= 11 is 0. The Balaban J connectivity index is 0.000000256. The van der Waals surface area contributed by atoms with E-state index in [-0.39, 0.29) is 18.9 Å². The van der Waals surface area contributed by atoms with Gasteiger partial charge in [0.05, 0.1) is 18.8 Å². The molecule has 0 spiro atoms. The molecule has 0 aromatic carbocycles. The summed E-state index contributed by atoms with van der Waals surface area (Å²) < 4.78 is 54.1. The van der Waals surface area contributed by atoms with Gasteiger partial charge in [-0.15, -0.1) is 5.10 Å². The van der Waals surface area contributed by atoms with Crippen LogP contribution in [0.1, 0.15) is 25.6 Å². The number of imidazole rings is 1. The second kappa shape index (κ2) is 10.2. The van der Waals surface area contributed by atoms with E-state index in [2.05, 4.69) is 25.4 Å². The first kappa shape index (κ1) is 25.6. The lowest BCUT2D eigenvalue weighted by atomic mass is 10.1. The number of fused-ring (bicyclic) bond motifs is 2. The highest BCUT2D eigenvalue weighted by Gasteiger charge is 2.34. The molecular formula is C23H29F4N9. The number of nitrogens with one attached hydrogen (secondary N) is 1. The standard InChI is InChI=1S/C16H16F2N8.C7H13F2N/c1-8-21-11-4-3-10(22-15(11)25(8)7-12(17)18)9-5-6-26-13(9)14(20-2)23-16(19)24-26;1-2-10-5-3-4-7(8,9)6-10/h3-6,12H,7H2,1-2H3,(H3,19,20,23,24);2-6H2,1H3. The molecule has 0 radical (unpaired) electrons. The van der Waals surface area contributed by atoms with Crippen LogP contribution in [-0.2, 0) is 6.54 Å². The Morgan fingerprint density at radius 2 is 1.94 bits per heavy atom. The lowest BCUT2D eigenvalue weighted by Gasteiger charge is -2.31. The number of alkyl halides is 4. The van der Waals surface area contributed by atoms with E-state index in [1.54, 1.807) is 41.7 Å². The number of aromatic nitrogens is 6. The fraction of sp³-hybridized carbons (Fsp3) is 0.478. The van der Waals surface area contributed by atoms with E-state index in [0.29, 0.717) is 40.4 Å². The van der Waals surface area contributed by atoms with Gasteiger partial charge in [0.2, 0.25) is 5.95 Å². The zero-order valence-electron chi connectivity index (χ0n) is 20.3. The predicted octanol–water partition coefficient (Wildman–Crippen LogP) is 4.08. The van der Waals surface area contributed by atoms with Gasteiger partial charge in [-0.1, -0.05) is 6.92 Å². The van der Waals surface area contributed by atoms with Gasteiger partial charge in [0, 0.05) is 25.2 Å². The number of nitrogens with zero attached hydrogens (tertiary/aromatic N) is 7. The molecule has 1 aliphatic rings. The maximum Gasteiger partial charge on any atom is 0.260 e. The van der Waals surface area contributed by atoms with E-state index in [9.17, 15) is 17.6 Å². The Bertz CT molecular complexity index is 1350. The summed E-state index contributed by atoms with van der Waals surface area (Å²) in [5.74, 6) is -1.23. The van der Waals surface area contributed by atoms with Crippen LogP contribution in [-0.4, -0.2) is 73.1 Å². The van der Waals surface area contributed by atoms with Crippen molar-refractivity contribution < 1.29 is 17.6 Å². The largest absolute Gasteiger partial charge is 0.371 e. The van der Waals surface area contributed by atoms with Gasteiger partial charge < -0.3 is 15.6 Å². The van der Waals surface area contributed by atoms with E-state index < -0.39 is 18.9 Å². The lowest BCUT2D eigenvalue weighted by Crippen LogP contribution is -2.42. The van der Waals surface area contributed by atoms with Gasteiger partial charge in [0.1, 0.15) is 16.9 Å². The zero-order chi connectivity index (χ0) is 26.0. The second-order valence-corrected chi connectivity index (χ2v) is 8.62. The van der Waals surface area contributed by atoms with Crippen LogP contribution in [0.4, 0.5) is 29.3 Å². The molecule has 1 aliphatic heterocycles. The Morgan fingerprint density at radius 3 is 2.58 bits per heavy atom. The highest BCUT2D eigenvalue weighted by Crippen LogP contribution is 2.30. The third-order valence-corrected chi connectivity index (χ3v) is 6.06. The number of piperidine rings is 1. The average Bonchev–Trinajstić information content (AvgIpc) is 3.38. The van der Waals surface area contributed by atoms with E-state index in [1.165, 1.54) is 4.57 Å². The lowest BCUT2D eigenvalue weighted by molar-refractivity contribution is -0.0625. The fourth-order valence-electron chi connectivity index (χ4n) is 4.36. The smallest absolute Gasteiger partial charge is 0.260 e. The predicted molar refractivity (Wildman–Crippen MR) is 131 cm³/mol. The Hall–Kier alpha value is -3.48. The highest BCUT2D eigenvalue weighted by molar-refractivity contribution is 5.89. The van der Waals surface area contributed by atoms with Crippen LogP contribution in [0, 0.1) is 6.92 Å². The minimum Gasteiger partial charge on any atom is -0.371 e. The number of likely N-dealkylation sites (tertiary alicyclic amines) is 1. The van der Waals surface area contributed by atoms with Gasteiger partial charge in [0.25, 0.3) is 12.3 Å². The first-order valence-electron chi connectivity index (χ1n) is 11.7. The molecule has 36 heavy (non-hydrogen) atoms. The maximum absolute atomic E-state index is 12.9. The monoisotopic (exact) mass is 507 g/mol. The quantitative estimate of drug-likeness (QED) is 0.393. The molecule has 0 bridgehead atoms. The average molecular weight is 508 g/mol. The van der Waals surface area contributed by atoms with Crippen LogP contribution in [0.15, 0.2) is 24.4 Å². The van der Waals surface area contributed by atoms with Gasteiger partial charge in [-0.3, -0.25) is 4.90 Å². The Kier molecular flexibility index (Phi) is 7.29. The summed E-state index contributed by atoms with van der Waals surface area (Å²) in [6, 6.07) is 5.40. The van der Waals surface area contributed by atoms with Crippen molar-refractivity contribution in [1.29, 1.82) is 0 Å². The first-order valence-corrected chi connectivity index (χ1v) is 11.7. The van der Waals surface area contributed by atoms with Crippen molar-refractivity contribution in [2.24, 2.45) is 0 Å². The number of halogens is 4. The molecule has 194 valence electrons. The third kappa shape index (κ3) is 5.35. The summed E-state index contributed by atoms with van der Waals surface area (Å²) in [4.78, 5) is 14.9. The first-order chi connectivity index (χ1) is 17.1. The number of rotatable bonds is 5. The molecule has 13 heteroatoms. The fourth-order valence-corrected chi connectivity index (χ4v) is 4.36. The highest BCUT2D eigenvalue weighted by atomic mass is 19.3. The van der Waals surface area contributed by atoms with Gasteiger partial charge in [-0.2, -0.15) is 4.98 Å². The summed E-state index contributed by atoms with van der Waals surface area (Å²) in [5, 5.41) is 7.14. The maximum atomic E-state index is 12.9. The number of aryl methyl sites for hydroxylation is 1. The van der Waals surface area contributed by atoms with E-state index in [1.807, 2.05) is 13.0 Å². The number of hydrogen-bond acceptors (Lipinski definition) is 7. The van der Waals surface area contributed by atoms with Crippen LogP contribution >= 0.6 is 0 Å². The molecule has 0 unspecified atom stereocenters. The van der Waals surface area contributed by atoms with Crippen molar-refractivity contribution >= 4 is 28.4 Å². The van der Waals surface area contributed by atoms with Crippen molar-refractivity contribution in [2.45, 2.75) is 45.6 Å². The number of hydrogen-bond donors (Lipinski definition) is 2. The Morgan fingerprint density at radius 1 is 1.17 bits per heavy atom. The third-order valence-electron chi connectivity index (χ3n) is 6.06. The van der Waals surface area contributed by atoms with Crippen molar-refractivity contribution in [3.05, 3.63) is 30.2 Å². The van der Waals surface area contributed by atoms with Crippen LogP contribution in [0.5, 0.6) is 0 Å². The summed E-state index contributed by atoms with van der Waals surface area (Å²) in [5.41, 5.74) is 8.78. The van der Waals surface area contributed by atoms with Crippen molar-refractivity contribution in [3.63, 3.8) is 0 Å². The van der Waals surface area contributed by atoms with Gasteiger partial charge >= 0.3 is 0 Å².